The summed E-state index contributed by atoms with van der Waals surface area (Å²) in [4.78, 5) is 12.1. The number of furan rings is 1. The number of hydrogen-bond donors (Lipinski definition) is 2. The summed E-state index contributed by atoms with van der Waals surface area (Å²) in [6.07, 6.45) is 1.48. The van der Waals surface area contributed by atoms with Crippen LogP contribution in [0.15, 0.2) is 47.1 Å². The van der Waals surface area contributed by atoms with Gasteiger partial charge < -0.3 is 20.2 Å². The van der Waals surface area contributed by atoms with Crippen molar-refractivity contribution in [3.8, 4) is 5.75 Å². The zero-order chi connectivity index (χ0) is 15.3. The highest BCUT2D eigenvalue weighted by Crippen LogP contribution is 2.15. The van der Waals surface area contributed by atoms with E-state index in [9.17, 15) is 4.79 Å². The number of hydrogen-bond acceptors (Lipinski definition) is 4. The largest absolute Gasteiger partial charge is 0.489 e. The minimum atomic E-state index is -0.469. The van der Waals surface area contributed by atoms with Gasteiger partial charge in [0.25, 0.3) is 5.91 Å². The van der Waals surface area contributed by atoms with E-state index in [4.69, 9.17) is 14.9 Å². The first kappa shape index (κ1) is 18.1. The van der Waals surface area contributed by atoms with E-state index in [1.165, 1.54) is 6.26 Å². The number of ether oxygens (including phenoxy) is 1. The Morgan fingerprint density at radius 3 is 2.59 bits per heavy atom. The van der Waals surface area contributed by atoms with E-state index in [1.54, 1.807) is 6.07 Å². The summed E-state index contributed by atoms with van der Waals surface area (Å²) in [6.45, 7) is 4.32. The van der Waals surface area contributed by atoms with Gasteiger partial charge in [-0.25, -0.2) is 0 Å². The second-order valence-corrected chi connectivity index (χ2v) is 5.55. The fourth-order valence-electron chi connectivity index (χ4n) is 1.71. The summed E-state index contributed by atoms with van der Waals surface area (Å²) in [5.41, 5.74) is 6.07. The molecule has 1 heterocycles. The molecule has 22 heavy (non-hydrogen) atoms. The van der Waals surface area contributed by atoms with E-state index < -0.39 is 5.54 Å². The molecule has 1 aromatic heterocycles. The fraction of sp³-hybridized carbons (Fsp3) is 0.312. The zero-order valence-electron chi connectivity index (χ0n) is 12.7. The third-order valence-electron chi connectivity index (χ3n) is 2.80. The minimum Gasteiger partial charge on any atom is -0.489 e. The number of rotatable bonds is 6. The lowest BCUT2D eigenvalue weighted by molar-refractivity contribution is 0.0915. The number of benzene rings is 1. The van der Waals surface area contributed by atoms with Crippen molar-refractivity contribution in [2.24, 2.45) is 5.73 Å². The Kier molecular flexibility index (Phi) is 6.46. The van der Waals surface area contributed by atoms with E-state index in [-0.39, 0.29) is 30.7 Å². The van der Waals surface area contributed by atoms with Crippen LogP contribution in [0, 0.1) is 0 Å². The molecule has 0 atom stereocenters. The van der Waals surface area contributed by atoms with Gasteiger partial charge in [-0.15, -0.1) is 12.4 Å². The van der Waals surface area contributed by atoms with Gasteiger partial charge in [-0.1, -0.05) is 18.2 Å². The Bertz CT molecular complexity index is 591. The average Bonchev–Trinajstić information content (AvgIpc) is 2.91. The maximum atomic E-state index is 12.1. The van der Waals surface area contributed by atoms with Crippen molar-refractivity contribution >= 4 is 18.3 Å². The van der Waals surface area contributed by atoms with E-state index >= 15 is 0 Å². The van der Waals surface area contributed by atoms with Gasteiger partial charge in [0.15, 0.2) is 5.76 Å². The van der Waals surface area contributed by atoms with Crippen LogP contribution in [-0.2, 0) is 6.61 Å². The maximum absolute atomic E-state index is 12.1. The van der Waals surface area contributed by atoms with Crippen LogP contribution in [0.3, 0.4) is 0 Å². The van der Waals surface area contributed by atoms with E-state index in [2.05, 4.69) is 5.32 Å². The Morgan fingerprint density at radius 2 is 1.95 bits per heavy atom. The Morgan fingerprint density at radius 1 is 1.27 bits per heavy atom. The van der Waals surface area contributed by atoms with Gasteiger partial charge in [0.1, 0.15) is 12.4 Å². The lowest BCUT2D eigenvalue weighted by Gasteiger charge is -2.18. The topological polar surface area (TPSA) is 77.5 Å². The summed E-state index contributed by atoms with van der Waals surface area (Å²) in [6, 6.07) is 11.1. The highest BCUT2D eigenvalue weighted by atomic mass is 35.5. The van der Waals surface area contributed by atoms with E-state index in [1.807, 2.05) is 44.2 Å². The molecule has 0 saturated carbocycles. The molecule has 0 bridgehead atoms. The molecule has 0 aliphatic rings. The summed E-state index contributed by atoms with van der Waals surface area (Å²) >= 11 is 0. The Labute approximate surface area is 136 Å². The first-order valence-corrected chi connectivity index (χ1v) is 6.77. The van der Waals surface area contributed by atoms with Crippen LogP contribution in [0.25, 0.3) is 0 Å². The summed E-state index contributed by atoms with van der Waals surface area (Å²) in [5.74, 6) is 0.716. The fourth-order valence-corrected chi connectivity index (χ4v) is 1.71. The number of carbonyl (C=O) groups excluding carboxylic acids is 1. The molecule has 5 nitrogen and oxygen atoms in total. The molecule has 0 radical (unpaired) electrons. The van der Waals surface area contributed by atoms with Crippen molar-refractivity contribution in [2.75, 3.05) is 6.54 Å². The molecule has 120 valence electrons. The Balaban J connectivity index is 0.00000242. The summed E-state index contributed by atoms with van der Waals surface area (Å²) in [7, 11) is 0. The predicted molar refractivity (Wildman–Crippen MR) is 87.3 cm³/mol. The van der Waals surface area contributed by atoms with Gasteiger partial charge in [-0.3, -0.25) is 4.79 Å². The van der Waals surface area contributed by atoms with Crippen LogP contribution >= 0.6 is 12.4 Å². The van der Waals surface area contributed by atoms with Crippen molar-refractivity contribution < 1.29 is 13.9 Å². The second kappa shape index (κ2) is 7.87. The van der Waals surface area contributed by atoms with E-state index in [0.29, 0.717) is 12.1 Å². The number of nitrogens with two attached hydrogens (primary N) is 1. The molecular weight excluding hydrogens is 304 g/mol. The highest BCUT2D eigenvalue weighted by Gasteiger charge is 2.18. The normalized spacial score (nSPS) is 10.7. The molecular formula is C16H21ClN2O3. The molecule has 6 heteroatoms. The van der Waals surface area contributed by atoms with Gasteiger partial charge in [-0.2, -0.15) is 0 Å². The van der Waals surface area contributed by atoms with Crippen molar-refractivity contribution in [1.29, 1.82) is 0 Å². The van der Waals surface area contributed by atoms with Crippen molar-refractivity contribution in [3.63, 3.8) is 0 Å². The van der Waals surface area contributed by atoms with Crippen molar-refractivity contribution in [1.82, 2.24) is 5.32 Å². The maximum Gasteiger partial charge on any atom is 0.287 e. The zero-order valence-corrected chi connectivity index (χ0v) is 13.5. The van der Waals surface area contributed by atoms with Gasteiger partial charge in [-0.05, 0) is 32.0 Å². The van der Waals surface area contributed by atoms with Crippen molar-refractivity contribution in [2.45, 2.75) is 26.0 Å². The summed E-state index contributed by atoms with van der Waals surface area (Å²) in [5, 5.41) is 2.75. The monoisotopic (exact) mass is 324 g/mol. The van der Waals surface area contributed by atoms with Crippen LogP contribution in [0.2, 0.25) is 0 Å². The highest BCUT2D eigenvalue weighted by molar-refractivity contribution is 5.92. The van der Waals surface area contributed by atoms with Crippen LogP contribution in [0.4, 0.5) is 0 Å². The molecule has 1 amide bonds. The molecule has 0 spiro atoms. The quantitative estimate of drug-likeness (QED) is 0.856. The first-order valence-electron chi connectivity index (χ1n) is 6.77. The third kappa shape index (κ3) is 5.42. The smallest absolute Gasteiger partial charge is 0.287 e. The molecule has 0 unspecified atom stereocenters. The van der Waals surface area contributed by atoms with Crippen LogP contribution in [-0.4, -0.2) is 18.0 Å². The first-order chi connectivity index (χ1) is 9.96. The lowest BCUT2D eigenvalue weighted by atomic mass is 10.1. The number of carbonyl (C=O) groups is 1. The number of nitrogens with one attached hydrogen (secondary N) is 1. The number of para-hydroxylation sites is 1. The van der Waals surface area contributed by atoms with E-state index in [0.717, 1.165) is 5.75 Å². The van der Waals surface area contributed by atoms with Gasteiger partial charge in [0, 0.05) is 17.6 Å². The van der Waals surface area contributed by atoms with Gasteiger partial charge in [0.2, 0.25) is 0 Å². The van der Waals surface area contributed by atoms with Crippen LogP contribution in [0.5, 0.6) is 5.75 Å². The third-order valence-corrected chi connectivity index (χ3v) is 2.80. The van der Waals surface area contributed by atoms with Gasteiger partial charge in [0.05, 0.1) is 6.26 Å². The standard InChI is InChI=1S/C16H20N2O3.ClH/c1-16(2,17)11-18-15(19)14-12(8-9-20-14)10-21-13-6-4-3-5-7-13;/h3-9H,10-11,17H2,1-2H3,(H,18,19);1H. The number of halogens is 1. The molecule has 3 N–H and O–H groups in total. The molecule has 0 fully saturated rings. The van der Waals surface area contributed by atoms with Crippen LogP contribution in [0.1, 0.15) is 30.0 Å². The Hall–Kier alpha value is -1.98. The predicted octanol–water partition coefficient (Wildman–Crippen LogP) is 2.75. The lowest BCUT2D eigenvalue weighted by Crippen LogP contribution is -2.45. The molecule has 2 aromatic rings. The minimum absolute atomic E-state index is 0. The summed E-state index contributed by atoms with van der Waals surface area (Å²) < 4.78 is 10.9. The SMILES string of the molecule is CC(C)(N)CNC(=O)c1occc1COc1ccccc1.Cl. The molecule has 0 aliphatic carbocycles. The molecule has 1 aromatic carbocycles. The molecule has 0 saturated heterocycles. The van der Waals surface area contributed by atoms with Crippen molar-refractivity contribution in [3.05, 3.63) is 54.0 Å². The number of amides is 1. The van der Waals surface area contributed by atoms with Gasteiger partial charge >= 0.3 is 0 Å². The molecule has 0 aliphatic heterocycles. The van der Waals surface area contributed by atoms with Crippen LogP contribution < -0.4 is 15.8 Å². The molecule has 2 rings (SSSR count). The average molecular weight is 325 g/mol. The second-order valence-electron chi connectivity index (χ2n) is 5.55.